The first-order valence-corrected chi connectivity index (χ1v) is 6.86. The van der Waals surface area contributed by atoms with E-state index in [1.165, 1.54) is 17.4 Å². The maximum atomic E-state index is 13.9. The van der Waals surface area contributed by atoms with Gasteiger partial charge in [-0.1, -0.05) is 11.6 Å². The number of rotatable bonds is 5. The van der Waals surface area contributed by atoms with Gasteiger partial charge in [-0.3, -0.25) is 0 Å². The molecule has 0 amide bonds. The van der Waals surface area contributed by atoms with Gasteiger partial charge < -0.3 is 10.1 Å². The Morgan fingerprint density at radius 1 is 1.42 bits per heavy atom. The van der Waals surface area contributed by atoms with Crippen molar-refractivity contribution in [3.05, 3.63) is 40.2 Å². The summed E-state index contributed by atoms with van der Waals surface area (Å²) < 4.78 is 19.0. The second-order valence-electron chi connectivity index (χ2n) is 4.34. The van der Waals surface area contributed by atoms with Crippen molar-refractivity contribution in [3.63, 3.8) is 0 Å². The predicted octanol–water partition coefficient (Wildman–Crippen LogP) is 3.12. The summed E-state index contributed by atoms with van der Waals surface area (Å²) in [5.74, 6) is -0.237. The number of hydrogen-bond acceptors (Lipinski definition) is 4. The number of thiazole rings is 1. The van der Waals surface area contributed by atoms with Crippen molar-refractivity contribution in [1.29, 1.82) is 0 Å². The molecule has 0 saturated carbocycles. The third-order valence-corrected chi connectivity index (χ3v) is 3.88. The normalized spacial score (nSPS) is 10.9. The van der Waals surface area contributed by atoms with Crippen molar-refractivity contribution in [2.75, 3.05) is 14.2 Å². The molecule has 1 aromatic carbocycles. The van der Waals surface area contributed by atoms with Gasteiger partial charge in [0.2, 0.25) is 0 Å². The molecule has 0 aliphatic rings. The van der Waals surface area contributed by atoms with E-state index in [0.717, 1.165) is 16.1 Å². The summed E-state index contributed by atoms with van der Waals surface area (Å²) >= 11 is 1.51. The van der Waals surface area contributed by atoms with Crippen LogP contribution in [0, 0.1) is 12.7 Å². The molecular weight excluding hydrogens is 263 g/mol. The van der Waals surface area contributed by atoms with E-state index in [1.807, 2.05) is 20.0 Å². The van der Waals surface area contributed by atoms with E-state index in [4.69, 9.17) is 4.74 Å². The molecule has 1 N–H and O–H groups in total. The monoisotopic (exact) mass is 280 g/mol. The van der Waals surface area contributed by atoms with Crippen LogP contribution >= 0.6 is 11.3 Å². The molecule has 0 aliphatic carbocycles. The fourth-order valence-corrected chi connectivity index (χ4v) is 2.94. The summed E-state index contributed by atoms with van der Waals surface area (Å²) in [5, 5.41) is 3.80. The fraction of sp³-hybridized carbons (Fsp3) is 0.357. The van der Waals surface area contributed by atoms with Gasteiger partial charge in [0.15, 0.2) is 0 Å². The maximum Gasteiger partial charge on any atom is 0.133 e. The molecule has 0 fully saturated rings. The minimum absolute atomic E-state index is 0.237. The molecule has 3 nitrogen and oxygen atoms in total. The smallest absolute Gasteiger partial charge is 0.133 e. The van der Waals surface area contributed by atoms with Crippen molar-refractivity contribution in [2.45, 2.75) is 20.1 Å². The maximum absolute atomic E-state index is 13.9. The lowest BCUT2D eigenvalue weighted by Crippen LogP contribution is -2.06. The zero-order valence-corrected chi connectivity index (χ0v) is 12.1. The number of halogens is 1. The number of aromatic nitrogens is 1. The average Bonchev–Trinajstić information content (AvgIpc) is 2.77. The molecule has 1 heterocycles. The van der Waals surface area contributed by atoms with Crippen LogP contribution in [0.1, 0.15) is 16.1 Å². The molecule has 19 heavy (non-hydrogen) atoms. The lowest BCUT2D eigenvalue weighted by molar-refractivity contribution is 0.181. The number of hydrogen-bond donors (Lipinski definition) is 1. The Hall–Kier alpha value is -1.30. The molecule has 0 spiro atoms. The topological polar surface area (TPSA) is 34.2 Å². The third kappa shape index (κ3) is 3.18. The van der Waals surface area contributed by atoms with Gasteiger partial charge in [-0.25, -0.2) is 9.37 Å². The van der Waals surface area contributed by atoms with Crippen LogP contribution in [0.25, 0.3) is 10.6 Å². The van der Waals surface area contributed by atoms with Gasteiger partial charge >= 0.3 is 0 Å². The molecule has 0 radical (unpaired) electrons. The highest BCUT2D eigenvalue weighted by molar-refractivity contribution is 7.15. The van der Waals surface area contributed by atoms with Crippen LogP contribution in [-0.2, 0) is 17.9 Å². The largest absolute Gasteiger partial charge is 0.378 e. The Morgan fingerprint density at radius 2 is 2.21 bits per heavy atom. The number of nitrogens with zero attached hydrogens (tertiary/aromatic N) is 1. The Bertz CT molecular complexity index is 545. The van der Waals surface area contributed by atoms with Crippen LogP contribution in [0.4, 0.5) is 4.39 Å². The van der Waals surface area contributed by atoms with E-state index in [2.05, 4.69) is 10.3 Å². The number of benzene rings is 1. The Morgan fingerprint density at radius 3 is 2.89 bits per heavy atom. The molecule has 0 bridgehead atoms. The molecule has 102 valence electrons. The molecule has 5 heteroatoms. The highest BCUT2D eigenvalue weighted by Gasteiger charge is 2.14. The fourth-order valence-electron chi connectivity index (χ4n) is 1.85. The highest BCUT2D eigenvalue weighted by Crippen LogP contribution is 2.31. The SMILES string of the molecule is CNCc1sc(-c2cc(C)ccc2F)nc1COC. The van der Waals surface area contributed by atoms with Gasteiger partial charge in [0.05, 0.1) is 12.3 Å². The van der Waals surface area contributed by atoms with Gasteiger partial charge in [0.1, 0.15) is 10.8 Å². The summed E-state index contributed by atoms with van der Waals surface area (Å²) in [6, 6.07) is 5.07. The standard InChI is InChI=1S/C14H17FN2OS/c1-9-4-5-11(15)10(6-9)14-17-12(8-18-3)13(19-14)7-16-2/h4-6,16H,7-8H2,1-3H3. The molecule has 0 saturated heterocycles. The Kier molecular flexibility index (Phi) is 4.63. The number of aryl methyl sites for hydroxylation is 1. The molecule has 0 aliphatic heterocycles. The van der Waals surface area contributed by atoms with Crippen molar-refractivity contribution >= 4 is 11.3 Å². The highest BCUT2D eigenvalue weighted by atomic mass is 32.1. The van der Waals surface area contributed by atoms with Crippen molar-refractivity contribution < 1.29 is 9.13 Å². The summed E-state index contributed by atoms with van der Waals surface area (Å²) in [6.45, 7) is 3.10. The quantitative estimate of drug-likeness (QED) is 0.913. The van der Waals surface area contributed by atoms with Crippen LogP contribution in [-0.4, -0.2) is 19.1 Å². The van der Waals surface area contributed by atoms with Crippen LogP contribution in [0.3, 0.4) is 0 Å². The third-order valence-electron chi connectivity index (χ3n) is 2.75. The molecule has 2 aromatic rings. The van der Waals surface area contributed by atoms with E-state index in [-0.39, 0.29) is 5.82 Å². The number of ether oxygens (including phenoxy) is 1. The van der Waals surface area contributed by atoms with Gasteiger partial charge in [0, 0.05) is 24.1 Å². The van der Waals surface area contributed by atoms with Gasteiger partial charge in [0.25, 0.3) is 0 Å². The van der Waals surface area contributed by atoms with Gasteiger partial charge in [-0.05, 0) is 26.1 Å². The molecule has 0 atom stereocenters. The van der Waals surface area contributed by atoms with E-state index in [1.54, 1.807) is 13.2 Å². The van der Waals surface area contributed by atoms with Gasteiger partial charge in [-0.15, -0.1) is 11.3 Å². The Balaban J connectivity index is 2.44. The average molecular weight is 280 g/mol. The molecule has 2 rings (SSSR count). The summed E-state index contributed by atoms with van der Waals surface area (Å²) in [4.78, 5) is 5.59. The first-order valence-electron chi connectivity index (χ1n) is 6.04. The zero-order valence-electron chi connectivity index (χ0n) is 11.3. The van der Waals surface area contributed by atoms with Crippen molar-refractivity contribution in [2.24, 2.45) is 0 Å². The van der Waals surface area contributed by atoms with E-state index in [9.17, 15) is 4.39 Å². The number of methoxy groups -OCH3 is 1. The Labute approximate surface area is 116 Å². The van der Waals surface area contributed by atoms with Crippen LogP contribution in [0.5, 0.6) is 0 Å². The minimum Gasteiger partial charge on any atom is -0.378 e. The lowest BCUT2D eigenvalue weighted by Gasteiger charge is -2.00. The number of nitrogens with one attached hydrogen (secondary N) is 1. The first-order chi connectivity index (χ1) is 9.15. The van der Waals surface area contributed by atoms with Crippen LogP contribution in [0.2, 0.25) is 0 Å². The lowest BCUT2D eigenvalue weighted by atomic mass is 10.1. The summed E-state index contributed by atoms with van der Waals surface area (Å²) in [7, 11) is 3.51. The van der Waals surface area contributed by atoms with Gasteiger partial charge in [-0.2, -0.15) is 0 Å². The molecular formula is C14H17FN2OS. The summed E-state index contributed by atoms with van der Waals surface area (Å²) in [5.41, 5.74) is 2.46. The predicted molar refractivity (Wildman–Crippen MR) is 75.7 cm³/mol. The molecule has 1 aromatic heterocycles. The molecule has 0 unspecified atom stereocenters. The van der Waals surface area contributed by atoms with Crippen molar-refractivity contribution in [1.82, 2.24) is 10.3 Å². The van der Waals surface area contributed by atoms with Crippen LogP contribution < -0.4 is 5.32 Å². The first kappa shape index (κ1) is 14.1. The van der Waals surface area contributed by atoms with E-state index >= 15 is 0 Å². The summed E-state index contributed by atoms with van der Waals surface area (Å²) in [6.07, 6.45) is 0. The van der Waals surface area contributed by atoms with E-state index < -0.39 is 0 Å². The van der Waals surface area contributed by atoms with Crippen molar-refractivity contribution in [3.8, 4) is 10.6 Å². The second-order valence-corrected chi connectivity index (χ2v) is 5.42. The second kappa shape index (κ2) is 6.23. The minimum atomic E-state index is -0.237. The zero-order chi connectivity index (χ0) is 13.8. The van der Waals surface area contributed by atoms with Crippen LogP contribution in [0.15, 0.2) is 18.2 Å². The van der Waals surface area contributed by atoms with E-state index in [0.29, 0.717) is 23.7 Å².